The normalized spacial score (nSPS) is 19.5. The van der Waals surface area contributed by atoms with E-state index in [1.807, 2.05) is 0 Å². The van der Waals surface area contributed by atoms with Gasteiger partial charge in [-0.25, -0.2) is 0 Å². The predicted octanol–water partition coefficient (Wildman–Crippen LogP) is 8.27. The zero-order chi connectivity index (χ0) is 19.3. The van der Waals surface area contributed by atoms with Crippen molar-refractivity contribution in [2.45, 2.75) is 58.3 Å². The molecule has 0 atom stereocenters. The van der Waals surface area contributed by atoms with Crippen molar-refractivity contribution < 1.29 is 0 Å². The van der Waals surface area contributed by atoms with Crippen LogP contribution in [0.4, 0.5) is 0 Å². The van der Waals surface area contributed by atoms with Gasteiger partial charge in [-0.3, -0.25) is 0 Å². The van der Waals surface area contributed by atoms with Gasteiger partial charge in [0.2, 0.25) is 0 Å². The largest absolute Gasteiger partial charge is 0.0651 e. The van der Waals surface area contributed by atoms with Gasteiger partial charge < -0.3 is 0 Å². The molecular formula is C28H32. The van der Waals surface area contributed by atoms with E-state index >= 15 is 0 Å². The van der Waals surface area contributed by atoms with Crippen molar-refractivity contribution in [2.75, 3.05) is 0 Å². The molecule has 1 aliphatic carbocycles. The lowest BCUT2D eigenvalue weighted by Gasteiger charge is -2.28. The quantitative estimate of drug-likeness (QED) is 0.425. The lowest BCUT2D eigenvalue weighted by Crippen LogP contribution is -2.12. The van der Waals surface area contributed by atoms with Crippen molar-refractivity contribution in [3.8, 4) is 22.3 Å². The van der Waals surface area contributed by atoms with Gasteiger partial charge in [0.15, 0.2) is 0 Å². The monoisotopic (exact) mass is 368 g/mol. The highest BCUT2D eigenvalue weighted by Crippen LogP contribution is 2.40. The van der Waals surface area contributed by atoms with E-state index in [9.17, 15) is 0 Å². The van der Waals surface area contributed by atoms with E-state index in [2.05, 4.69) is 86.6 Å². The Morgan fingerprint density at radius 2 is 1.43 bits per heavy atom. The maximum atomic E-state index is 2.49. The van der Waals surface area contributed by atoms with E-state index in [1.54, 1.807) is 0 Å². The van der Waals surface area contributed by atoms with Crippen molar-refractivity contribution in [2.24, 2.45) is 5.92 Å². The average molecular weight is 369 g/mol. The minimum Gasteiger partial charge on any atom is -0.0651 e. The van der Waals surface area contributed by atoms with Crippen LogP contribution in [0.25, 0.3) is 22.3 Å². The molecule has 0 radical (unpaired) electrons. The maximum Gasteiger partial charge on any atom is -0.0102 e. The summed E-state index contributed by atoms with van der Waals surface area (Å²) in [6.07, 6.45) is 7.89. The molecule has 144 valence electrons. The molecule has 0 amide bonds. The molecule has 0 aliphatic heterocycles. The summed E-state index contributed by atoms with van der Waals surface area (Å²) in [5.74, 6) is 1.67. The molecule has 3 aromatic rings. The minimum absolute atomic E-state index is 0.723. The number of hydrogen-bond acceptors (Lipinski definition) is 0. The van der Waals surface area contributed by atoms with Gasteiger partial charge in [-0.2, -0.15) is 0 Å². The van der Waals surface area contributed by atoms with E-state index in [1.165, 1.54) is 65.5 Å². The third-order valence-corrected chi connectivity index (χ3v) is 6.67. The van der Waals surface area contributed by atoms with Crippen LogP contribution in [-0.4, -0.2) is 0 Å². The number of rotatable bonds is 5. The molecular weight excluding hydrogens is 336 g/mol. The highest BCUT2D eigenvalue weighted by atomic mass is 14.3. The van der Waals surface area contributed by atoms with Crippen LogP contribution in [0.2, 0.25) is 0 Å². The molecule has 0 heterocycles. The van der Waals surface area contributed by atoms with Gasteiger partial charge in [-0.05, 0) is 77.3 Å². The summed E-state index contributed by atoms with van der Waals surface area (Å²) in [5, 5.41) is 0. The maximum absolute atomic E-state index is 2.49. The Morgan fingerprint density at radius 3 is 2.14 bits per heavy atom. The SMILES string of the molecule is CCc1cccc(-c2cc([C@H]3CC[C@H](CC)CC3)ccc2-c2ccccc2)c1. The van der Waals surface area contributed by atoms with Crippen LogP contribution < -0.4 is 0 Å². The molecule has 0 N–H and O–H groups in total. The third kappa shape index (κ3) is 4.07. The number of benzene rings is 3. The first-order chi connectivity index (χ1) is 13.8. The van der Waals surface area contributed by atoms with Crippen molar-refractivity contribution in [1.29, 1.82) is 0 Å². The molecule has 0 nitrogen and oxygen atoms in total. The van der Waals surface area contributed by atoms with Crippen molar-refractivity contribution in [3.05, 3.63) is 83.9 Å². The first kappa shape index (κ1) is 19.0. The van der Waals surface area contributed by atoms with Crippen LogP contribution in [0.3, 0.4) is 0 Å². The highest BCUT2D eigenvalue weighted by Gasteiger charge is 2.22. The zero-order valence-corrected chi connectivity index (χ0v) is 17.3. The summed E-state index contributed by atoms with van der Waals surface area (Å²) < 4.78 is 0. The van der Waals surface area contributed by atoms with E-state index < -0.39 is 0 Å². The Morgan fingerprint density at radius 1 is 0.679 bits per heavy atom. The van der Waals surface area contributed by atoms with Gasteiger partial charge in [0, 0.05) is 0 Å². The van der Waals surface area contributed by atoms with Crippen LogP contribution in [-0.2, 0) is 6.42 Å². The topological polar surface area (TPSA) is 0 Å². The summed E-state index contributed by atoms with van der Waals surface area (Å²) >= 11 is 0. The predicted molar refractivity (Wildman–Crippen MR) is 122 cm³/mol. The van der Waals surface area contributed by atoms with Gasteiger partial charge in [0.05, 0.1) is 0 Å². The fourth-order valence-corrected chi connectivity index (χ4v) is 4.79. The van der Waals surface area contributed by atoms with Gasteiger partial charge in [0.25, 0.3) is 0 Å². The first-order valence-corrected chi connectivity index (χ1v) is 11.1. The smallest absolute Gasteiger partial charge is 0.0102 e. The summed E-state index contributed by atoms with van der Waals surface area (Å²) in [6, 6.07) is 27.2. The van der Waals surface area contributed by atoms with Crippen LogP contribution in [0.15, 0.2) is 72.8 Å². The van der Waals surface area contributed by atoms with Gasteiger partial charge >= 0.3 is 0 Å². The third-order valence-electron chi connectivity index (χ3n) is 6.67. The van der Waals surface area contributed by atoms with Crippen LogP contribution in [0, 0.1) is 5.92 Å². The fraction of sp³-hybridized carbons (Fsp3) is 0.357. The Bertz CT molecular complexity index is 898. The molecule has 0 aromatic heterocycles. The Kier molecular flexibility index (Phi) is 5.95. The van der Waals surface area contributed by atoms with Gasteiger partial charge in [0.1, 0.15) is 0 Å². The summed E-state index contributed by atoms with van der Waals surface area (Å²) in [7, 11) is 0. The lowest BCUT2D eigenvalue weighted by molar-refractivity contribution is 0.319. The second kappa shape index (κ2) is 8.78. The van der Waals surface area contributed by atoms with E-state index in [0.717, 1.165) is 18.3 Å². The molecule has 1 fully saturated rings. The summed E-state index contributed by atoms with van der Waals surface area (Å²) in [5.41, 5.74) is 8.33. The fourth-order valence-electron chi connectivity index (χ4n) is 4.79. The molecule has 0 bridgehead atoms. The second-order valence-corrected chi connectivity index (χ2v) is 8.35. The van der Waals surface area contributed by atoms with Crippen molar-refractivity contribution in [3.63, 3.8) is 0 Å². The van der Waals surface area contributed by atoms with E-state index in [4.69, 9.17) is 0 Å². The van der Waals surface area contributed by atoms with E-state index in [-0.39, 0.29) is 0 Å². The molecule has 0 saturated heterocycles. The average Bonchev–Trinajstić information content (AvgIpc) is 2.79. The van der Waals surface area contributed by atoms with Gasteiger partial charge in [-0.1, -0.05) is 93.1 Å². The summed E-state index contributed by atoms with van der Waals surface area (Å²) in [4.78, 5) is 0. The van der Waals surface area contributed by atoms with Gasteiger partial charge in [-0.15, -0.1) is 0 Å². The minimum atomic E-state index is 0.723. The van der Waals surface area contributed by atoms with Crippen LogP contribution >= 0.6 is 0 Å². The van der Waals surface area contributed by atoms with Crippen LogP contribution in [0.5, 0.6) is 0 Å². The zero-order valence-electron chi connectivity index (χ0n) is 17.3. The molecule has 3 aromatic carbocycles. The molecule has 1 saturated carbocycles. The molecule has 0 spiro atoms. The van der Waals surface area contributed by atoms with Crippen LogP contribution in [0.1, 0.15) is 63.0 Å². The molecule has 4 rings (SSSR count). The molecule has 0 unspecified atom stereocenters. The summed E-state index contributed by atoms with van der Waals surface area (Å²) in [6.45, 7) is 4.58. The highest BCUT2D eigenvalue weighted by molar-refractivity contribution is 5.84. The van der Waals surface area contributed by atoms with Crippen molar-refractivity contribution >= 4 is 0 Å². The number of aryl methyl sites for hydroxylation is 1. The second-order valence-electron chi connectivity index (χ2n) is 8.35. The first-order valence-electron chi connectivity index (χ1n) is 11.1. The van der Waals surface area contributed by atoms with E-state index in [0.29, 0.717) is 0 Å². The Balaban J connectivity index is 1.75. The Labute approximate surface area is 170 Å². The molecule has 0 heteroatoms. The van der Waals surface area contributed by atoms with Crippen molar-refractivity contribution in [1.82, 2.24) is 0 Å². The molecule has 28 heavy (non-hydrogen) atoms. The molecule has 1 aliphatic rings. The standard InChI is InChI=1S/C28H32/c1-3-21-13-15-23(16-14-21)25-17-18-27(24-10-6-5-7-11-24)28(20-25)26-12-8-9-22(4-2)19-26/h5-12,17-21,23H,3-4,13-16H2,1-2H3/t21-,23-. The lowest BCUT2D eigenvalue weighted by atomic mass is 9.77. The Hall–Kier alpha value is -2.34. The number of hydrogen-bond donors (Lipinski definition) is 0.